The highest BCUT2D eigenvalue weighted by molar-refractivity contribution is 5.76. The van der Waals surface area contributed by atoms with Gasteiger partial charge in [-0.15, -0.1) is 0 Å². The van der Waals surface area contributed by atoms with Gasteiger partial charge in [0.2, 0.25) is 0 Å². The van der Waals surface area contributed by atoms with Crippen LogP contribution in [0.1, 0.15) is 11.1 Å². The Morgan fingerprint density at radius 2 is 1.87 bits per heavy atom. The van der Waals surface area contributed by atoms with E-state index < -0.39 is 23.8 Å². The maximum atomic E-state index is 14.9. The second-order valence-electron chi connectivity index (χ2n) is 6.59. The molecule has 30 heavy (non-hydrogen) atoms. The normalized spacial score (nSPS) is 18.2. The predicted molar refractivity (Wildman–Crippen MR) is 101 cm³/mol. The average molecular weight is 417 g/mol. The number of ether oxygens (including phenoxy) is 2. The predicted octanol–water partition coefficient (Wildman–Crippen LogP) is 4.22. The van der Waals surface area contributed by atoms with Gasteiger partial charge in [-0.3, -0.25) is 4.98 Å². The Morgan fingerprint density at radius 1 is 1.03 bits per heavy atom. The smallest absolute Gasteiger partial charge is 0.387 e. The molecule has 0 radical (unpaired) electrons. The lowest BCUT2D eigenvalue weighted by Crippen LogP contribution is -2.28. The molecular formula is C21H15F4N3O2. The first-order chi connectivity index (χ1) is 14.4. The first-order valence-corrected chi connectivity index (χ1v) is 8.82. The number of nitrogens with two attached hydrogens (primary N) is 1. The molecule has 4 rings (SSSR count). The first-order valence-electron chi connectivity index (χ1n) is 8.82. The van der Waals surface area contributed by atoms with Gasteiger partial charge in [-0.05, 0) is 35.4 Å². The highest BCUT2D eigenvalue weighted by Crippen LogP contribution is 2.41. The van der Waals surface area contributed by atoms with E-state index in [0.29, 0.717) is 16.7 Å². The monoisotopic (exact) mass is 417 g/mol. The molecular weight excluding hydrogens is 402 g/mol. The van der Waals surface area contributed by atoms with Crippen molar-refractivity contribution in [3.8, 4) is 16.9 Å². The van der Waals surface area contributed by atoms with E-state index >= 15 is 0 Å². The number of benzene rings is 2. The molecule has 0 fully saturated rings. The Bertz CT molecular complexity index is 1120. The maximum Gasteiger partial charge on any atom is 0.387 e. The van der Waals surface area contributed by atoms with Crippen LogP contribution in [0.15, 0.2) is 65.9 Å². The van der Waals surface area contributed by atoms with Crippen LogP contribution in [0.2, 0.25) is 0 Å². The van der Waals surface area contributed by atoms with Crippen molar-refractivity contribution < 1.29 is 27.0 Å². The third kappa shape index (κ3) is 3.66. The van der Waals surface area contributed by atoms with Crippen LogP contribution in [0.4, 0.5) is 17.6 Å². The van der Waals surface area contributed by atoms with Gasteiger partial charge in [0, 0.05) is 23.4 Å². The third-order valence-electron chi connectivity index (χ3n) is 4.72. The lowest BCUT2D eigenvalue weighted by atomic mass is 9.83. The van der Waals surface area contributed by atoms with Crippen LogP contribution in [0, 0.1) is 11.6 Å². The summed E-state index contributed by atoms with van der Waals surface area (Å²) in [4.78, 5) is 8.16. The van der Waals surface area contributed by atoms with Gasteiger partial charge < -0.3 is 15.2 Å². The second kappa shape index (κ2) is 7.66. The quantitative estimate of drug-likeness (QED) is 0.632. The summed E-state index contributed by atoms with van der Waals surface area (Å²) in [6, 6.07) is 11.4. The fourth-order valence-electron chi connectivity index (χ4n) is 3.41. The molecule has 154 valence electrons. The molecule has 2 heterocycles. The Kier molecular flexibility index (Phi) is 5.03. The van der Waals surface area contributed by atoms with Gasteiger partial charge in [-0.2, -0.15) is 8.78 Å². The minimum atomic E-state index is -3.08. The SMILES string of the molecule is NC1=N[C@@](c2cccc(-c3cncc(F)c3)c2)(c2ccc(OC(F)F)cc2F)CO1. The molecule has 0 unspecified atom stereocenters. The summed E-state index contributed by atoms with van der Waals surface area (Å²) in [6.07, 6.45) is 2.58. The van der Waals surface area contributed by atoms with E-state index in [9.17, 15) is 17.6 Å². The van der Waals surface area contributed by atoms with E-state index in [1.54, 1.807) is 24.3 Å². The Hall–Kier alpha value is -3.62. The van der Waals surface area contributed by atoms with Crippen LogP contribution in [0.25, 0.3) is 11.1 Å². The van der Waals surface area contributed by atoms with Crippen LogP contribution in [0.3, 0.4) is 0 Å². The maximum absolute atomic E-state index is 14.9. The molecule has 1 aliphatic heterocycles. The van der Waals surface area contributed by atoms with Crippen molar-refractivity contribution in [2.24, 2.45) is 10.7 Å². The van der Waals surface area contributed by atoms with Crippen molar-refractivity contribution in [1.82, 2.24) is 4.98 Å². The Balaban J connectivity index is 1.82. The molecule has 0 aliphatic carbocycles. The average Bonchev–Trinajstić information content (AvgIpc) is 3.10. The largest absolute Gasteiger partial charge is 0.462 e. The number of halogens is 4. The Morgan fingerprint density at radius 3 is 2.53 bits per heavy atom. The van der Waals surface area contributed by atoms with Gasteiger partial charge in [-0.25, -0.2) is 13.8 Å². The molecule has 0 amide bonds. The van der Waals surface area contributed by atoms with Crippen molar-refractivity contribution in [3.63, 3.8) is 0 Å². The second-order valence-corrected chi connectivity index (χ2v) is 6.59. The number of aliphatic imine (C=N–C) groups is 1. The Labute approximate surface area is 168 Å². The van der Waals surface area contributed by atoms with Gasteiger partial charge in [0.15, 0.2) is 5.54 Å². The van der Waals surface area contributed by atoms with Gasteiger partial charge in [-0.1, -0.05) is 18.2 Å². The summed E-state index contributed by atoms with van der Waals surface area (Å²) in [7, 11) is 0. The lowest BCUT2D eigenvalue weighted by molar-refractivity contribution is -0.0500. The summed E-state index contributed by atoms with van der Waals surface area (Å²) in [5, 5.41) is 0. The van der Waals surface area contributed by atoms with E-state index in [4.69, 9.17) is 10.5 Å². The third-order valence-corrected chi connectivity index (χ3v) is 4.72. The summed E-state index contributed by atoms with van der Waals surface area (Å²) < 4.78 is 63.0. The van der Waals surface area contributed by atoms with Crippen molar-refractivity contribution in [1.29, 1.82) is 0 Å². The van der Waals surface area contributed by atoms with E-state index in [1.807, 2.05) is 0 Å². The topological polar surface area (TPSA) is 69.7 Å². The van der Waals surface area contributed by atoms with Gasteiger partial charge in [0.05, 0.1) is 6.20 Å². The summed E-state index contributed by atoms with van der Waals surface area (Å²) >= 11 is 0. The minimum absolute atomic E-state index is 0.0686. The molecule has 2 N–H and O–H groups in total. The molecule has 0 saturated carbocycles. The number of hydrogen-bond acceptors (Lipinski definition) is 5. The number of nitrogens with zero attached hydrogens (tertiary/aromatic N) is 2. The van der Waals surface area contributed by atoms with Gasteiger partial charge in [0.25, 0.3) is 6.02 Å². The molecule has 1 atom stereocenters. The van der Waals surface area contributed by atoms with Gasteiger partial charge in [0.1, 0.15) is 24.0 Å². The summed E-state index contributed by atoms with van der Waals surface area (Å²) in [6.45, 7) is -3.18. The van der Waals surface area contributed by atoms with E-state index in [0.717, 1.165) is 12.3 Å². The molecule has 1 aromatic heterocycles. The molecule has 0 spiro atoms. The van der Waals surface area contributed by atoms with Gasteiger partial charge >= 0.3 is 6.61 Å². The minimum Gasteiger partial charge on any atom is -0.462 e. The number of amidine groups is 1. The fourth-order valence-corrected chi connectivity index (χ4v) is 3.41. The number of hydrogen-bond donors (Lipinski definition) is 1. The van der Waals surface area contributed by atoms with Crippen LogP contribution in [-0.2, 0) is 10.3 Å². The molecule has 0 bridgehead atoms. The molecule has 0 saturated heterocycles. The molecule has 3 aromatic rings. The first kappa shape index (κ1) is 19.7. The highest BCUT2D eigenvalue weighted by Gasteiger charge is 2.42. The number of rotatable bonds is 5. The summed E-state index contributed by atoms with van der Waals surface area (Å²) in [5.74, 6) is -1.63. The van der Waals surface area contributed by atoms with Crippen molar-refractivity contribution in [2.75, 3.05) is 6.61 Å². The molecule has 5 nitrogen and oxygen atoms in total. The zero-order chi connectivity index (χ0) is 21.3. The van der Waals surface area contributed by atoms with Crippen LogP contribution >= 0.6 is 0 Å². The number of alkyl halides is 2. The van der Waals surface area contributed by atoms with E-state index in [2.05, 4.69) is 14.7 Å². The molecule has 9 heteroatoms. The molecule has 2 aromatic carbocycles. The number of pyridine rings is 1. The van der Waals surface area contributed by atoms with E-state index in [1.165, 1.54) is 24.4 Å². The molecule has 1 aliphatic rings. The van der Waals surface area contributed by atoms with Crippen LogP contribution in [-0.4, -0.2) is 24.2 Å². The van der Waals surface area contributed by atoms with Crippen LogP contribution < -0.4 is 10.5 Å². The van der Waals surface area contributed by atoms with Crippen molar-refractivity contribution in [3.05, 3.63) is 83.7 Å². The van der Waals surface area contributed by atoms with Crippen molar-refractivity contribution >= 4 is 6.02 Å². The van der Waals surface area contributed by atoms with E-state index in [-0.39, 0.29) is 23.9 Å². The zero-order valence-electron chi connectivity index (χ0n) is 15.4. The lowest BCUT2D eigenvalue weighted by Gasteiger charge is -2.26. The number of aromatic nitrogens is 1. The fraction of sp³-hybridized carbons (Fsp3) is 0.143. The highest BCUT2D eigenvalue weighted by atomic mass is 19.3. The summed E-state index contributed by atoms with van der Waals surface area (Å²) in [5.41, 5.74) is 6.10. The van der Waals surface area contributed by atoms with Crippen LogP contribution in [0.5, 0.6) is 5.75 Å². The zero-order valence-corrected chi connectivity index (χ0v) is 15.4. The van der Waals surface area contributed by atoms with Crippen molar-refractivity contribution in [2.45, 2.75) is 12.2 Å². The standard InChI is InChI=1S/C21H15F4N3O2/c22-15-7-13(9-27-10-15)12-2-1-3-14(6-12)21(11-29-20(26)28-21)17-5-4-16(8-18(17)23)30-19(24)25/h1-10,19H,11H2,(H2,26,28)/t21-/m0/s1.